The highest BCUT2D eigenvalue weighted by Gasteiger charge is 2.06. The smallest absolute Gasteiger partial charge is 0.193 e. The first-order chi connectivity index (χ1) is 8.29. The monoisotopic (exact) mass is 224 g/mol. The largest absolute Gasteiger partial charge is 0.289 e. The van der Waals surface area contributed by atoms with E-state index >= 15 is 0 Å². The Morgan fingerprint density at radius 2 is 1.18 bits per heavy atom. The third-order valence-electron chi connectivity index (χ3n) is 2.07. The number of carbonyl (C=O) groups is 1. The van der Waals surface area contributed by atoms with Gasteiger partial charge in [-0.05, 0) is 6.92 Å². The van der Waals surface area contributed by atoms with Gasteiger partial charge in [-0.25, -0.2) is 0 Å². The van der Waals surface area contributed by atoms with E-state index in [4.69, 9.17) is 0 Å². The Bertz CT molecular complexity index is 416. The number of benzene rings is 2. The molecule has 0 spiro atoms. The van der Waals surface area contributed by atoms with E-state index in [1.807, 2.05) is 67.6 Å². The molecule has 1 nitrogen and oxygen atoms in total. The summed E-state index contributed by atoms with van der Waals surface area (Å²) in [4.78, 5) is 11.8. The molecule has 0 aromatic heterocycles. The van der Waals surface area contributed by atoms with E-state index in [9.17, 15) is 4.79 Å². The molecule has 0 saturated carbocycles. The van der Waals surface area contributed by atoms with E-state index in [1.165, 1.54) is 0 Å². The van der Waals surface area contributed by atoms with Crippen molar-refractivity contribution in [2.24, 2.45) is 0 Å². The van der Waals surface area contributed by atoms with Crippen LogP contribution in [0.4, 0.5) is 0 Å². The second-order valence-corrected chi connectivity index (χ2v) is 3.47. The molecule has 0 fully saturated rings. The molecule has 0 amide bonds. The van der Waals surface area contributed by atoms with Crippen LogP contribution in [-0.4, -0.2) is 5.78 Å². The summed E-state index contributed by atoms with van der Waals surface area (Å²) < 4.78 is 0. The van der Waals surface area contributed by atoms with Gasteiger partial charge in [0.2, 0.25) is 0 Å². The van der Waals surface area contributed by atoms with Crippen LogP contribution in [0.25, 0.3) is 0 Å². The lowest BCUT2D eigenvalue weighted by molar-refractivity contribution is 0.103. The fourth-order valence-corrected chi connectivity index (χ4v) is 1.35. The molecule has 0 aliphatic heterocycles. The summed E-state index contributed by atoms with van der Waals surface area (Å²) in [6.45, 7) is 5.25. The summed E-state index contributed by atoms with van der Waals surface area (Å²) in [7, 11) is 0. The minimum absolute atomic E-state index is 0.0752. The number of allylic oxidation sites excluding steroid dienone is 1. The molecule has 0 saturated heterocycles. The average Bonchev–Trinajstić information content (AvgIpc) is 2.41. The quantitative estimate of drug-likeness (QED) is 0.554. The Morgan fingerprint density at radius 3 is 1.47 bits per heavy atom. The molecule has 0 N–H and O–H groups in total. The van der Waals surface area contributed by atoms with Gasteiger partial charge in [0.05, 0.1) is 0 Å². The van der Waals surface area contributed by atoms with Crippen LogP contribution in [0.3, 0.4) is 0 Å². The van der Waals surface area contributed by atoms with Crippen LogP contribution >= 0.6 is 0 Å². The normalized spacial score (nSPS) is 8.76. The first-order valence-corrected chi connectivity index (χ1v) is 5.51. The van der Waals surface area contributed by atoms with Gasteiger partial charge in [-0.3, -0.25) is 4.79 Å². The van der Waals surface area contributed by atoms with Crippen LogP contribution in [0.15, 0.2) is 73.3 Å². The van der Waals surface area contributed by atoms with E-state index in [0.717, 1.165) is 11.1 Å². The standard InChI is InChI=1S/C13H10O.C3H6/c14-13(11-7-3-1-4-8-11)12-9-5-2-6-10-12;1-3-2/h1-10H;3H,1H2,2H3. The zero-order valence-corrected chi connectivity index (χ0v) is 9.97. The van der Waals surface area contributed by atoms with Crippen LogP contribution in [0.2, 0.25) is 0 Å². The average molecular weight is 224 g/mol. The highest BCUT2D eigenvalue weighted by atomic mass is 16.1. The van der Waals surface area contributed by atoms with Crippen molar-refractivity contribution < 1.29 is 4.79 Å². The van der Waals surface area contributed by atoms with Crippen molar-refractivity contribution in [1.82, 2.24) is 0 Å². The van der Waals surface area contributed by atoms with Crippen molar-refractivity contribution in [2.45, 2.75) is 6.92 Å². The van der Waals surface area contributed by atoms with E-state index in [0.29, 0.717) is 0 Å². The van der Waals surface area contributed by atoms with Crippen LogP contribution in [0, 0.1) is 0 Å². The van der Waals surface area contributed by atoms with Crippen LogP contribution in [0.1, 0.15) is 22.8 Å². The second-order valence-electron chi connectivity index (χ2n) is 3.47. The third-order valence-corrected chi connectivity index (χ3v) is 2.07. The van der Waals surface area contributed by atoms with Gasteiger partial charge in [-0.15, -0.1) is 6.58 Å². The van der Waals surface area contributed by atoms with Gasteiger partial charge in [-0.2, -0.15) is 0 Å². The predicted molar refractivity (Wildman–Crippen MR) is 72.2 cm³/mol. The molecule has 2 aromatic carbocycles. The molecule has 2 aromatic rings. The first kappa shape index (κ1) is 12.9. The molecule has 0 heterocycles. The van der Waals surface area contributed by atoms with Crippen molar-refractivity contribution >= 4 is 5.78 Å². The second kappa shape index (κ2) is 7.18. The Hall–Kier alpha value is -2.15. The third kappa shape index (κ3) is 4.07. The number of hydrogen-bond acceptors (Lipinski definition) is 1. The Labute approximate surface area is 102 Å². The maximum absolute atomic E-state index is 11.8. The van der Waals surface area contributed by atoms with Crippen molar-refractivity contribution in [3.8, 4) is 0 Å². The topological polar surface area (TPSA) is 17.1 Å². The van der Waals surface area contributed by atoms with Crippen LogP contribution < -0.4 is 0 Å². The lowest BCUT2D eigenvalue weighted by atomic mass is 10.0. The lowest BCUT2D eigenvalue weighted by Gasteiger charge is -1.99. The van der Waals surface area contributed by atoms with Gasteiger partial charge in [0, 0.05) is 11.1 Å². The van der Waals surface area contributed by atoms with Crippen molar-refractivity contribution in [3.05, 3.63) is 84.4 Å². The highest BCUT2D eigenvalue weighted by Crippen LogP contribution is 2.08. The molecule has 0 aliphatic carbocycles. The molecule has 17 heavy (non-hydrogen) atoms. The zero-order valence-electron chi connectivity index (χ0n) is 9.97. The Morgan fingerprint density at radius 1 is 0.882 bits per heavy atom. The van der Waals surface area contributed by atoms with E-state index in [2.05, 4.69) is 6.58 Å². The molecule has 86 valence electrons. The van der Waals surface area contributed by atoms with Crippen molar-refractivity contribution in [3.63, 3.8) is 0 Å². The minimum atomic E-state index is 0.0752. The fourth-order valence-electron chi connectivity index (χ4n) is 1.35. The minimum Gasteiger partial charge on any atom is -0.289 e. The van der Waals surface area contributed by atoms with Gasteiger partial charge in [0.15, 0.2) is 5.78 Å². The van der Waals surface area contributed by atoms with Gasteiger partial charge in [-0.1, -0.05) is 66.7 Å². The fraction of sp³-hybridized carbons (Fsp3) is 0.0625. The summed E-state index contributed by atoms with van der Waals surface area (Å²) >= 11 is 0. The molecule has 0 radical (unpaired) electrons. The Balaban J connectivity index is 0.000000437. The zero-order chi connectivity index (χ0) is 12.5. The summed E-state index contributed by atoms with van der Waals surface area (Å²) in [5.41, 5.74) is 1.47. The van der Waals surface area contributed by atoms with Gasteiger partial charge in [0.25, 0.3) is 0 Å². The van der Waals surface area contributed by atoms with E-state index in [-0.39, 0.29) is 5.78 Å². The molecule has 1 heteroatoms. The highest BCUT2D eigenvalue weighted by molar-refractivity contribution is 6.08. The maximum atomic E-state index is 11.8. The molecular weight excluding hydrogens is 208 g/mol. The summed E-state index contributed by atoms with van der Waals surface area (Å²) in [5.74, 6) is 0.0752. The van der Waals surface area contributed by atoms with E-state index in [1.54, 1.807) is 6.08 Å². The van der Waals surface area contributed by atoms with Crippen LogP contribution in [0.5, 0.6) is 0 Å². The Kier molecular flexibility index (Phi) is 5.45. The predicted octanol–water partition coefficient (Wildman–Crippen LogP) is 4.11. The van der Waals surface area contributed by atoms with Crippen molar-refractivity contribution in [1.29, 1.82) is 0 Å². The van der Waals surface area contributed by atoms with Gasteiger partial charge < -0.3 is 0 Å². The lowest BCUT2D eigenvalue weighted by Crippen LogP contribution is -1.99. The molecule has 0 aliphatic rings. The molecule has 0 bridgehead atoms. The number of ketones is 1. The van der Waals surface area contributed by atoms with Crippen molar-refractivity contribution in [2.75, 3.05) is 0 Å². The SMILES string of the molecule is C=CC.O=C(c1ccccc1)c1ccccc1. The van der Waals surface area contributed by atoms with Gasteiger partial charge in [0.1, 0.15) is 0 Å². The first-order valence-electron chi connectivity index (χ1n) is 5.51. The summed E-state index contributed by atoms with van der Waals surface area (Å²) in [6.07, 6.45) is 1.75. The molecular formula is C16H16O. The summed E-state index contributed by atoms with van der Waals surface area (Å²) in [6, 6.07) is 18.6. The number of hydrogen-bond donors (Lipinski definition) is 0. The van der Waals surface area contributed by atoms with Gasteiger partial charge >= 0.3 is 0 Å². The molecule has 0 atom stereocenters. The molecule has 0 unspecified atom stereocenters. The maximum Gasteiger partial charge on any atom is 0.193 e. The molecule has 2 rings (SSSR count). The number of carbonyl (C=O) groups excluding carboxylic acids is 1. The summed E-state index contributed by atoms with van der Waals surface area (Å²) in [5, 5.41) is 0. The number of rotatable bonds is 2. The van der Waals surface area contributed by atoms with Crippen LogP contribution in [-0.2, 0) is 0 Å². The van der Waals surface area contributed by atoms with E-state index < -0.39 is 0 Å².